The summed E-state index contributed by atoms with van der Waals surface area (Å²) in [4.78, 5) is 16.5. The van der Waals surface area contributed by atoms with Crippen LogP contribution in [0.15, 0.2) is 58.0 Å². The van der Waals surface area contributed by atoms with Gasteiger partial charge in [-0.1, -0.05) is 45.9 Å². The molecule has 0 saturated carbocycles. The minimum Gasteiger partial charge on any atom is -0.465 e. The fourth-order valence-electron chi connectivity index (χ4n) is 3.39. The zero-order valence-corrected chi connectivity index (χ0v) is 20.5. The number of sulfonamides is 1. The van der Waals surface area contributed by atoms with Crippen molar-refractivity contribution in [2.75, 3.05) is 13.7 Å². The van der Waals surface area contributed by atoms with Crippen LogP contribution in [0, 0.1) is 0 Å². The van der Waals surface area contributed by atoms with Crippen molar-refractivity contribution in [1.29, 1.82) is 0 Å². The van der Waals surface area contributed by atoms with E-state index in [0.29, 0.717) is 24.4 Å². The van der Waals surface area contributed by atoms with Gasteiger partial charge >= 0.3 is 5.97 Å². The van der Waals surface area contributed by atoms with Gasteiger partial charge in [-0.25, -0.2) is 22.9 Å². The maximum absolute atomic E-state index is 12.7. The van der Waals surface area contributed by atoms with E-state index in [1.54, 1.807) is 6.07 Å². The van der Waals surface area contributed by atoms with Gasteiger partial charge in [-0.05, 0) is 47.2 Å². The summed E-state index contributed by atoms with van der Waals surface area (Å²) in [6.45, 7) is 8.49. The molecule has 0 spiro atoms. The molecule has 33 heavy (non-hydrogen) atoms. The van der Waals surface area contributed by atoms with E-state index >= 15 is 0 Å². The van der Waals surface area contributed by atoms with Gasteiger partial charge in [-0.15, -0.1) is 0 Å². The van der Waals surface area contributed by atoms with E-state index in [1.807, 2.05) is 19.1 Å². The van der Waals surface area contributed by atoms with Gasteiger partial charge in [0.25, 0.3) is 0 Å². The van der Waals surface area contributed by atoms with E-state index in [4.69, 9.17) is 9.15 Å². The van der Waals surface area contributed by atoms with E-state index in [9.17, 15) is 13.2 Å². The number of esters is 1. The SMILES string of the molecule is CCc1ccc(S(=O)(=O)NCCc2coc(-c3ccc(C(C)(C)C)cc3)n2)cc1C(=O)OC. The molecule has 8 heteroatoms. The van der Waals surface area contributed by atoms with Gasteiger partial charge in [0.15, 0.2) is 0 Å². The van der Waals surface area contributed by atoms with Crippen LogP contribution >= 0.6 is 0 Å². The molecular formula is C25H30N2O5S. The third-order valence-corrected chi connectivity index (χ3v) is 6.86. The van der Waals surface area contributed by atoms with Crippen LogP contribution in [0.25, 0.3) is 11.5 Å². The molecule has 2 aromatic carbocycles. The molecule has 0 aliphatic carbocycles. The Hall–Kier alpha value is -2.97. The van der Waals surface area contributed by atoms with Crippen LogP contribution in [-0.4, -0.2) is 33.0 Å². The first-order chi connectivity index (χ1) is 15.5. The lowest BCUT2D eigenvalue weighted by Crippen LogP contribution is -2.26. The summed E-state index contributed by atoms with van der Waals surface area (Å²) in [5.74, 6) is -0.0688. The molecule has 0 radical (unpaired) electrons. The Morgan fingerprint density at radius 1 is 1.12 bits per heavy atom. The molecule has 0 bridgehead atoms. The summed E-state index contributed by atoms with van der Waals surface area (Å²) >= 11 is 0. The molecule has 3 aromatic rings. The van der Waals surface area contributed by atoms with Crippen LogP contribution in [0.2, 0.25) is 0 Å². The Morgan fingerprint density at radius 3 is 2.42 bits per heavy atom. The number of benzene rings is 2. The molecule has 1 N–H and O–H groups in total. The number of aromatic nitrogens is 1. The number of nitrogens with zero attached hydrogens (tertiary/aromatic N) is 1. The van der Waals surface area contributed by atoms with Crippen LogP contribution < -0.4 is 4.72 Å². The minimum absolute atomic E-state index is 0.0138. The molecule has 0 aliphatic heterocycles. The van der Waals surface area contributed by atoms with E-state index in [0.717, 1.165) is 11.1 Å². The molecule has 7 nitrogen and oxygen atoms in total. The Balaban J connectivity index is 1.66. The van der Waals surface area contributed by atoms with Crippen LogP contribution in [-0.2, 0) is 33.0 Å². The van der Waals surface area contributed by atoms with Gasteiger partial charge in [0.05, 0.1) is 23.3 Å². The van der Waals surface area contributed by atoms with Crippen LogP contribution in [0.3, 0.4) is 0 Å². The molecule has 1 aromatic heterocycles. The number of aryl methyl sites for hydroxylation is 1. The lowest BCUT2D eigenvalue weighted by Gasteiger charge is -2.18. The summed E-state index contributed by atoms with van der Waals surface area (Å²) in [7, 11) is -2.53. The predicted molar refractivity (Wildman–Crippen MR) is 127 cm³/mol. The van der Waals surface area contributed by atoms with Crippen molar-refractivity contribution in [3.05, 3.63) is 71.1 Å². The predicted octanol–water partition coefficient (Wildman–Crippen LogP) is 4.51. The summed E-state index contributed by atoms with van der Waals surface area (Å²) in [6, 6.07) is 12.5. The van der Waals surface area contributed by atoms with Crippen molar-refractivity contribution in [3.63, 3.8) is 0 Å². The quantitative estimate of drug-likeness (QED) is 0.487. The highest BCUT2D eigenvalue weighted by molar-refractivity contribution is 7.89. The van der Waals surface area contributed by atoms with Crippen molar-refractivity contribution in [2.24, 2.45) is 0 Å². The van der Waals surface area contributed by atoms with Crippen LogP contribution in [0.4, 0.5) is 0 Å². The van der Waals surface area contributed by atoms with Crippen molar-refractivity contribution in [2.45, 2.75) is 50.8 Å². The van der Waals surface area contributed by atoms with E-state index in [1.165, 1.54) is 31.1 Å². The van der Waals surface area contributed by atoms with Gasteiger partial charge < -0.3 is 9.15 Å². The monoisotopic (exact) mass is 470 g/mol. The van der Waals surface area contributed by atoms with Crippen LogP contribution in [0.1, 0.15) is 54.9 Å². The fourth-order valence-corrected chi connectivity index (χ4v) is 4.45. The average Bonchev–Trinajstić information content (AvgIpc) is 3.26. The van der Waals surface area contributed by atoms with Crippen molar-refractivity contribution >= 4 is 16.0 Å². The molecule has 0 atom stereocenters. The van der Waals surface area contributed by atoms with Crippen molar-refractivity contribution in [3.8, 4) is 11.5 Å². The molecule has 0 aliphatic rings. The number of methoxy groups -OCH3 is 1. The maximum Gasteiger partial charge on any atom is 0.338 e. The molecule has 176 valence electrons. The van der Waals surface area contributed by atoms with Gasteiger partial charge in [-0.2, -0.15) is 0 Å². The number of hydrogen-bond acceptors (Lipinski definition) is 6. The summed E-state index contributed by atoms with van der Waals surface area (Å²) in [6.07, 6.45) is 2.48. The highest BCUT2D eigenvalue weighted by Gasteiger charge is 2.19. The zero-order valence-electron chi connectivity index (χ0n) is 19.6. The lowest BCUT2D eigenvalue weighted by atomic mass is 9.87. The Morgan fingerprint density at radius 2 is 1.82 bits per heavy atom. The second-order valence-corrected chi connectivity index (χ2v) is 10.6. The normalized spacial score (nSPS) is 12.0. The van der Waals surface area contributed by atoms with Gasteiger partial charge in [0.1, 0.15) is 6.26 Å². The lowest BCUT2D eigenvalue weighted by molar-refractivity contribution is 0.0599. The second-order valence-electron chi connectivity index (χ2n) is 8.78. The topological polar surface area (TPSA) is 98.5 Å². The summed E-state index contributed by atoms with van der Waals surface area (Å²) in [5.41, 5.74) is 3.76. The number of oxazole rings is 1. The van der Waals surface area contributed by atoms with Gasteiger partial charge in [0.2, 0.25) is 15.9 Å². The number of carbonyl (C=O) groups excluding carboxylic acids is 1. The van der Waals surface area contributed by atoms with E-state index < -0.39 is 16.0 Å². The Bertz CT molecular complexity index is 1220. The molecular weight excluding hydrogens is 440 g/mol. The van der Waals surface area contributed by atoms with Crippen molar-refractivity contribution < 1.29 is 22.4 Å². The number of nitrogens with one attached hydrogen (secondary N) is 1. The largest absolute Gasteiger partial charge is 0.465 e. The van der Waals surface area contributed by atoms with Gasteiger partial charge in [-0.3, -0.25) is 0 Å². The number of carbonyl (C=O) groups is 1. The standard InChI is InChI=1S/C25H30N2O5S/c1-6-17-9-12-21(15-22(17)24(28)31-5)33(29,30)26-14-13-20-16-32-23(27-20)18-7-10-19(11-8-18)25(2,3)4/h7-12,15-16,26H,6,13-14H2,1-5H3. The number of ether oxygens (including phenoxy) is 1. The molecule has 0 fully saturated rings. The number of hydrogen-bond donors (Lipinski definition) is 1. The van der Waals surface area contributed by atoms with E-state index in [-0.39, 0.29) is 22.4 Å². The first-order valence-corrected chi connectivity index (χ1v) is 12.3. The highest BCUT2D eigenvalue weighted by atomic mass is 32.2. The van der Waals surface area contributed by atoms with Crippen LogP contribution in [0.5, 0.6) is 0 Å². The Labute approximate surface area is 195 Å². The molecule has 0 unspecified atom stereocenters. The Kier molecular flexibility index (Phi) is 7.39. The molecule has 1 heterocycles. The first-order valence-electron chi connectivity index (χ1n) is 10.8. The number of rotatable bonds is 8. The smallest absolute Gasteiger partial charge is 0.338 e. The fraction of sp³-hybridized carbons (Fsp3) is 0.360. The maximum atomic E-state index is 12.7. The molecule has 0 amide bonds. The molecule has 0 saturated heterocycles. The average molecular weight is 471 g/mol. The van der Waals surface area contributed by atoms with Crippen molar-refractivity contribution in [1.82, 2.24) is 9.71 Å². The van der Waals surface area contributed by atoms with Gasteiger partial charge in [0, 0.05) is 18.5 Å². The highest BCUT2D eigenvalue weighted by Crippen LogP contribution is 2.26. The summed E-state index contributed by atoms with van der Waals surface area (Å²) < 4.78 is 38.4. The third kappa shape index (κ3) is 5.89. The second kappa shape index (κ2) is 9.89. The zero-order chi connectivity index (χ0) is 24.2. The first kappa shape index (κ1) is 24.7. The summed E-state index contributed by atoms with van der Waals surface area (Å²) in [5, 5.41) is 0. The molecule has 3 rings (SSSR count). The third-order valence-electron chi connectivity index (χ3n) is 5.40. The van der Waals surface area contributed by atoms with E-state index in [2.05, 4.69) is 42.6 Å². The minimum atomic E-state index is -3.80.